The van der Waals surface area contributed by atoms with Gasteiger partial charge in [0.25, 0.3) is 5.56 Å². The van der Waals surface area contributed by atoms with E-state index in [9.17, 15) is 9.59 Å². The van der Waals surface area contributed by atoms with Crippen LogP contribution in [0.5, 0.6) is 0 Å². The summed E-state index contributed by atoms with van der Waals surface area (Å²) in [5, 5.41) is 7.30. The third-order valence-corrected chi connectivity index (χ3v) is 7.48. The fourth-order valence-corrected chi connectivity index (χ4v) is 5.28. The maximum absolute atomic E-state index is 13.9. The van der Waals surface area contributed by atoms with Crippen LogP contribution >= 0.6 is 0 Å². The third-order valence-electron chi connectivity index (χ3n) is 7.48. The number of ether oxygens (including phenoxy) is 1. The van der Waals surface area contributed by atoms with Gasteiger partial charge in [0.05, 0.1) is 0 Å². The van der Waals surface area contributed by atoms with Gasteiger partial charge >= 0.3 is 6.03 Å². The molecule has 2 aliphatic heterocycles. The first kappa shape index (κ1) is 23.0. The number of nitrogens with zero attached hydrogens (tertiary/aromatic N) is 4. The molecule has 0 bridgehead atoms. The molecule has 36 heavy (non-hydrogen) atoms. The maximum Gasteiger partial charge on any atom is 0.317 e. The highest BCUT2D eigenvalue weighted by molar-refractivity contribution is 5.82. The standard InChI is InChI=1S/C27H32N6O3/c1-17-4-2-3-5-22(17)23-14-18-15-28-26(29-20-8-11-32(16-20)27(35)30-19-6-7-19)31-24(18)33(25(23)34)21-9-12-36-13-10-21/h2-5,14-15,19-21H,6-13,16H2,1H3,(H,30,35)(H,28,29,31)/t20-/m0/s1. The second-order valence-corrected chi connectivity index (χ2v) is 10.2. The van der Waals surface area contributed by atoms with Gasteiger partial charge in [0, 0.05) is 61.6 Å². The van der Waals surface area contributed by atoms with Crippen molar-refractivity contribution >= 4 is 23.0 Å². The lowest BCUT2D eigenvalue weighted by Crippen LogP contribution is -2.40. The average molecular weight is 489 g/mol. The summed E-state index contributed by atoms with van der Waals surface area (Å²) in [6.45, 7) is 4.60. The van der Waals surface area contributed by atoms with Gasteiger partial charge < -0.3 is 20.3 Å². The molecule has 2 saturated heterocycles. The van der Waals surface area contributed by atoms with Crippen LogP contribution in [-0.4, -0.2) is 63.9 Å². The first-order valence-electron chi connectivity index (χ1n) is 12.9. The first-order valence-corrected chi connectivity index (χ1v) is 12.9. The first-order chi connectivity index (χ1) is 17.6. The van der Waals surface area contributed by atoms with Crippen molar-refractivity contribution in [3.8, 4) is 11.1 Å². The van der Waals surface area contributed by atoms with E-state index in [1.54, 1.807) is 6.20 Å². The Balaban J connectivity index is 1.33. The van der Waals surface area contributed by atoms with Crippen LogP contribution < -0.4 is 16.2 Å². The summed E-state index contributed by atoms with van der Waals surface area (Å²) in [6.07, 6.45) is 6.32. The molecule has 1 atom stereocenters. The molecule has 3 fully saturated rings. The lowest BCUT2D eigenvalue weighted by atomic mass is 10.00. The molecule has 1 saturated carbocycles. The zero-order valence-electron chi connectivity index (χ0n) is 20.6. The van der Waals surface area contributed by atoms with Gasteiger partial charge in [-0.2, -0.15) is 4.98 Å². The number of aromatic nitrogens is 3. The van der Waals surface area contributed by atoms with Crippen LogP contribution in [0.15, 0.2) is 41.3 Å². The minimum absolute atomic E-state index is 0.0123. The number of amides is 2. The van der Waals surface area contributed by atoms with Crippen molar-refractivity contribution in [2.75, 3.05) is 31.6 Å². The summed E-state index contributed by atoms with van der Waals surface area (Å²) in [7, 11) is 0. The number of carbonyl (C=O) groups excluding carboxylic acids is 1. The van der Waals surface area contributed by atoms with Crippen LogP contribution in [0.4, 0.5) is 10.7 Å². The van der Waals surface area contributed by atoms with Gasteiger partial charge in [-0.05, 0) is 56.2 Å². The Morgan fingerprint density at radius 1 is 1.06 bits per heavy atom. The molecule has 2 aromatic heterocycles. The number of benzene rings is 1. The largest absolute Gasteiger partial charge is 0.381 e. The summed E-state index contributed by atoms with van der Waals surface area (Å²) >= 11 is 0. The van der Waals surface area contributed by atoms with E-state index in [2.05, 4.69) is 15.6 Å². The zero-order valence-corrected chi connectivity index (χ0v) is 20.6. The molecule has 4 heterocycles. The highest BCUT2D eigenvalue weighted by atomic mass is 16.5. The molecule has 1 aliphatic carbocycles. The van der Waals surface area contributed by atoms with E-state index in [0.717, 1.165) is 48.6 Å². The van der Waals surface area contributed by atoms with Crippen molar-refractivity contribution in [3.05, 3.63) is 52.4 Å². The summed E-state index contributed by atoms with van der Waals surface area (Å²) in [4.78, 5) is 37.6. The monoisotopic (exact) mass is 488 g/mol. The number of fused-ring (bicyclic) bond motifs is 1. The van der Waals surface area contributed by atoms with Crippen molar-refractivity contribution in [2.24, 2.45) is 0 Å². The molecule has 3 aromatic rings. The van der Waals surface area contributed by atoms with Crippen LogP contribution in [0.3, 0.4) is 0 Å². The second kappa shape index (κ2) is 9.54. The Labute approximate surface area is 209 Å². The molecule has 1 aromatic carbocycles. The lowest BCUT2D eigenvalue weighted by Gasteiger charge is -2.26. The van der Waals surface area contributed by atoms with E-state index in [0.29, 0.717) is 49.5 Å². The Morgan fingerprint density at radius 3 is 2.64 bits per heavy atom. The number of hydrogen-bond acceptors (Lipinski definition) is 6. The van der Waals surface area contributed by atoms with Crippen LogP contribution in [0.25, 0.3) is 22.2 Å². The Kier molecular flexibility index (Phi) is 6.08. The van der Waals surface area contributed by atoms with Crippen LogP contribution in [0.2, 0.25) is 0 Å². The van der Waals surface area contributed by atoms with E-state index in [4.69, 9.17) is 9.72 Å². The van der Waals surface area contributed by atoms with Gasteiger partial charge in [0.15, 0.2) is 0 Å². The Morgan fingerprint density at radius 2 is 1.86 bits per heavy atom. The number of aryl methyl sites for hydroxylation is 1. The van der Waals surface area contributed by atoms with Gasteiger partial charge in [-0.3, -0.25) is 9.36 Å². The molecular formula is C27H32N6O3. The minimum atomic E-state index is -0.0304. The molecule has 0 radical (unpaired) electrons. The highest BCUT2D eigenvalue weighted by Crippen LogP contribution is 2.28. The van der Waals surface area contributed by atoms with Crippen molar-refractivity contribution in [1.29, 1.82) is 0 Å². The molecule has 9 nitrogen and oxygen atoms in total. The van der Waals surface area contributed by atoms with Crippen LogP contribution in [0, 0.1) is 6.92 Å². The van der Waals surface area contributed by atoms with Gasteiger partial charge in [0.2, 0.25) is 5.95 Å². The Hall–Kier alpha value is -3.46. The number of pyridine rings is 1. The van der Waals surface area contributed by atoms with Crippen molar-refractivity contribution in [1.82, 2.24) is 24.8 Å². The fourth-order valence-electron chi connectivity index (χ4n) is 5.28. The number of anilines is 1. The quantitative estimate of drug-likeness (QED) is 0.570. The number of hydrogen-bond donors (Lipinski definition) is 2. The minimum Gasteiger partial charge on any atom is -0.381 e. The Bertz CT molecular complexity index is 1350. The molecule has 0 unspecified atom stereocenters. The molecule has 2 amide bonds. The van der Waals surface area contributed by atoms with Crippen LogP contribution in [-0.2, 0) is 4.74 Å². The smallest absolute Gasteiger partial charge is 0.317 e. The SMILES string of the molecule is Cc1ccccc1-c1cc2cnc(N[C@H]3CCN(C(=O)NC4CC4)C3)nc2n(C2CCOCC2)c1=O. The number of rotatable bonds is 5. The number of carbonyl (C=O) groups is 1. The predicted octanol–water partition coefficient (Wildman–Crippen LogP) is 3.48. The zero-order chi connectivity index (χ0) is 24.6. The van der Waals surface area contributed by atoms with E-state index in [-0.39, 0.29) is 23.7 Å². The summed E-state index contributed by atoms with van der Waals surface area (Å²) in [5.74, 6) is 0.487. The highest BCUT2D eigenvalue weighted by Gasteiger charge is 2.31. The number of urea groups is 1. The van der Waals surface area contributed by atoms with Crippen molar-refractivity contribution in [2.45, 2.75) is 57.2 Å². The normalized spacial score (nSPS) is 20.6. The number of likely N-dealkylation sites (tertiary alicyclic amines) is 1. The molecule has 188 valence electrons. The third kappa shape index (κ3) is 4.55. The van der Waals surface area contributed by atoms with E-state index in [1.165, 1.54) is 0 Å². The summed E-state index contributed by atoms with van der Waals surface area (Å²) < 4.78 is 7.44. The summed E-state index contributed by atoms with van der Waals surface area (Å²) in [5.41, 5.74) is 3.27. The van der Waals surface area contributed by atoms with Gasteiger partial charge in [-0.25, -0.2) is 9.78 Å². The fraction of sp³-hybridized carbons (Fsp3) is 0.481. The average Bonchev–Trinajstić information content (AvgIpc) is 3.58. The van der Waals surface area contributed by atoms with E-state index < -0.39 is 0 Å². The lowest BCUT2D eigenvalue weighted by molar-refractivity contribution is 0.0697. The van der Waals surface area contributed by atoms with Gasteiger partial charge in [0.1, 0.15) is 5.65 Å². The number of nitrogens with one attached hydrogen (secondary N) is 2. The van der Waals surface area contributed by atoms with Crippen molar-refractivity contribution < 1.29 is 9.53 Å². The molecule has 9 heteroatoms. The molecule has 2 N–H and O–H groups in total. The molecular weight excluding hydrogens is 456 g/mol. The van der Waals surface area contributed by atoms with Gasteiger partial charge in [-0.1, -0.05) is 24.3 Å². The maximum atomic E-state index is 13.9. The van der Waals surface area contributed by atoms with E-state index in [1.807, 2.05) is 46.7 Å². The van der Waals surface area contributed by atoms with Crippen molar-refractivity contribution in [3.63, 3.8) is 0 Å². The molecule has 6 rings (SSSR count). The molecule has 0 spiro atoms. The van der Waals surface area contributed by atoms with Crippen LogP contribution in [0.1, 0.15) is 43.7 Å². The topological polar surface area (TPSA) is 101 Å². The molecule has 3 aliphatic rings. The second-order valence-electron chi connectivity index (χ2n) is 10.2. The van der Waals surface area contributed by atoms with E-state index >= 15 is 0 Å². The summed E-state index contributed by atoms with van der Waals surface area (Å²) in [6, 6.07) is 10.3. The van der Waals surface area contributed by atoms with Gasteiger partial charge in [-0.15, -0.1) is 0 Å². The predicted molar refractivity (Wildman–Crippen MR) is 138 cm³/mol.